The van der Waals surface area contributed by atoms with Gasteiger partial charge >= 0.3 is 0 Å². The predicted molar refractivity (Wildman–Crippen MR) is 76.3 cm³/mol. The molecule has 4 atom stereocenters. The van der Waals surface area contributed by atoms with E-state index in [1.54, 1.807) is 43.5 Å². The van der Waals surface area contributed by atoms with Gasteiger partial charge in [-0.1, -0.05) is 12.2 Å². The van der Waals surface area contributed by atoms with Gasteiger partial charge in [0.1, 0.15) is 11.4 Å². The maximum absolute atomic E-state index is 12.8. The van der Waals surface area contributed by atoms with Crippen molar-refractivity contribution in [1.82, 2.24) is 0 Å². The van der Waals surface area contributed by atoms with Gasteiger partial charge in [-0.05, 0) is 24.3 Å². The van der Waals surface area contributed by atoms with Crippen LogP contribution in [0.2, 0.25) is 0 Å². The van der Waals surface area contributed by atoms with Gasteiger partial charge in [0.25, 0.3) is 0 Å². The second-order valence-corrected chi connectivity index (χ2v) is 5.77. The van der Waals surface area contributed by atoms with Crippen LogP contribution >= 0.6 is 0 Å². The lowest BCUT2D eigenvalue weighted by Crippen LogP contribution is -2.43. The van der Waals surface area contributed by atoms with Crippen LogP contribution in [-0.2, 0) is 14.3 Å². The molecule has 114 valence electrons. The lowest BCUT2D eigenvalue weighted by Gasteiger charge is -2.26. The highest BCUT2D eigenvalue weighted by Crippen LogP contribution is 2.52. The minimum atomic E-state index is -1.05. The molecule has 2 fully saturated rings. The summed E-state index contributed by atoms with van der Waals surface area (Å²) in [5.74, 6) is -1.14. The molecular formula is C16H15NO5. The standard InChI is InChI=1S/C16H15NO5/c1-21-10-4-2-9(3-5-10)17-14(19)12-11-6-7-16(8-18,22-11)13(12)15(17)20/h2-7,11-13,18H,8H2,1H3/t11-,12+,13-,16-/m0/s1. The summed E-state index contributed by atoms with van der Waals surface area (Å²) in [6.07, 6.45) is 3.04. The fourth-order valence-electron chi connectivity index (χ4n) is 3.67. The van der Waals surface area contributed by atoms with E-state index in [4.69, 9.17) is 9.47 Å². The van der Waals surface area contributed by atoms with E-state index in [0.717, 1.165) is 0 Å². The molecule has 0 saturated carbocycles. The van der Waals surface area contributed by atoms with Crippen molar-refractivity contribution in [3.05, 3.63) is 36.4 Å². The van der Waals surface area contributed by atoms with Crippen LogP contribution in [0, 0.1) is 11.8 Å². The molecule has 1 aromatic carbocycles. The summed E-state index contributed by atoms with van der Waals surface area (Å²) in [6.45, 7) is -0.309. The van der Waals surface area contributed by atoms with E-state index in [0.29, 0.717) is 11.4 Å². The predicted octanol–water partition coefficient (Wildman–Crippen LogP) is 0.500. The van der Waals surface area contributed by atoms with Crippen LogP contribution < -0.4 is 9.64 Å². The molecule has 0 aliphatic carbocycles. The minimum absolute atomic E-state index is 0.273. The summed E-state index contributed by atoms with van der Waals surface area (Å²) in [5.41, 5.74) is -0.541. The van der Waals surface area contributed by atoms with Gasteiger partial charge in [0, 0.05) is 0 Å². The number of hydrogen-bond acceptors (Lipinski definition) is 5. The Hall–Kier alpha value is -2.18. The largest absolute Gasteiger partial charge is 0.497 e. The average molecular weight is 301 g/mol. The summed E-state index contributed by atoms with van der Waals surface area (Å²) < 4.78 is 10.8. The molecule has 3 heterocycles. The highest BCUT2D eigenvalue weighted by molar-refractivity contribution is 6.23. The summed E-state index contributed by atoms with van der Waals surface area (Å²) in [5, 5.41) is 9.64. The first-order chi connectivity index (χ1) is 10.6. The Balaban J connectivity index is 1.72. The lowest BCUT2D eigenvalue weighted by atomic mass is 9.77. The number of carbonyl (C=O) groups excluding carboxylic acids is 2. The third-order valence-corrected chi connectivity index (χ3v) is 4.73. The van der Waals surface area contributed by atoms with Crippen molar-refractivity contribution in [3.63, 3.8) is 0 Å². The first-order valence-corrected chi connectivity index (χ1v) is 7.11. The molecule has 0 radical (unpaired) electrons. The summed E-state index contributed by atoms with van der Waals surface area (Å²) in [7, 11) is 1.55. The van der Waals surface area contributed by atoms with Gasteiger partial charge in [0.15, 0.2) is 0 Å². The number of amides is 2. The Bertz CT molecular complexity index is 682. The third kappa shape index (κ3) is 1.51. The van der Waals surface area contributed by atoms with Gasteiger partial charge < -0.3 is 14.6 Å². The summed E-state index contributed by atoms with van der Waals surface area (Å²) in [4.78, 5) is 26.6. The highest BCUT2D eigenvalue weighted by atomic mass is 16.5. The molecule has 2 saturated heterocycles. The minimum Gasteiger partial charge on any atom is -0.497 e. The van der Waals surface area contributed by atoms with Gasteiger partial charge in [0.2, 0.25) is 11.8 Å². The first-order valence-electron chi connectivity index (χ1n) is 7.11. The Morgan fingerprint density at radius 1 is 1.27 bits per heavy atom. The topological polar surface area (TPSA) is 76.1 Å². The molecule has 2 amide bonds. The van der Waals surface area contributed by atoms with Crippen LogP contribution in [0.4, 0.5) is 5.69 Å². The number of fused-ring (bicyclic) bond motifs is 5. The number of aliphatic hydroxyl groups excluding tert-OH is 1. The van der Waals surface area contributed by atoms with E-state index >= 15 is 0 Å². The fraction of sp³-hybridized carbons (Fsp3) is 0.375. The number of carbonyl (C=O) groups is 2. The van der Waals surface area contributed by atoms with Crippen LogP contribution in [0.1, 0.15) is 0 Å². The molecule has 1 N–H and O–H groups in total. The molecule has 3 aliphatic rings. The SMILES string of the molecule is COc1ccc(N2C(=O)[C@@H]3[C@@H]4C=C[C@@](CO)(O4)[C@@H]3C2=O)cc1. The van der Waals surface area contributed by atoms with Crippen LogP contribution in [0.3, 0.4) is 0 Å². The third-order valence-electron chi connectivity index (χ3n) is 4.73. The molecule has 2 bridgehead atoms. The Kier molecular flexibility index (Phi) is 2.70. The van der Waals surface area contributed by atoms with Crippen LogP contribution in [0.5, 0.6) is 5.75 Å². The number of hydrogen-bond donors (Lipinski definition) is 1. The number of ether oxygens (including phenoxy) is 2. The molecule has 22 heavy (non-hydrogen) atoms. The molecule has 0 unspecified atom stereocenters. The summed E-state index contributed by atoms with van der Waals surface area (Å²) in [6, 6.07) is 6.76. The van der Waals surface area contributed by atoms with Crippen molar-refractivity contribution in [2.75, 3.05) is 18.6 Å². The van der Waals surface area contributed by atoms with E-state index in [9.17, 15) is 14.7 Å². The lowest BCUT2D eigenvalue weighted by molar-refractivity contribution is -0.128. The smallest absolute Gasteiger partial charge is 0.241 e. The molecule has 1 aromatic rings. The average Bonchev–Trinajstić information content (AvgIpc) is 3.19. The Labute approximate surface area is 126 Å². The van der Waals surface area contributed by atoms with Crippen LogP contribution in [0.25, 0.3) is 0 Å². The first kappa shape index (κ1) is 13.5. The number of aliphatic hydroxyl groups is 1. The van der Waals surface area contributed by atoms with Crippen LogP contribution in [-0.4, -0.2) is 42.3 Å². The highest BCUT2D eigenvalue weighted by Gasteiger charge is 2.67. The number of imide groups is 1. The monoisotopic (exact) mass is 301 g/mol. The van der Waals surface area contributed by atoms with E-state index in [-0.39, 0.29) is 18.4 Å². The zero-order valence-electron chi connectivity index (χ0n) is 11.9. The molecule has 3 aliphatic heterocycles. The number of anilines is 1. The van der Waals surface area contributed by atoms with E-state index < -0.39 is 23.5 Å². The van der Waals surface area contributed by atoms with Crippen molar-refractivity contribution >= 4 is 17.5 Å². The maximum Gasteiger partial charge on any atom is 0.241 e. The van der Waals surface area contributed by atoms with Crippen LogP contribution in [0.15, 0.2) is 36.4 Å². The number of methoxy groups -OCH3 is 1. The zero-order chi connectivity index (χ0) is 15.5. The van der Waals surface area contributed by atoms with Crippen molar-refractivity contribution < 1.29 is 24.2 Å². The summed E-state index contributed by atoms with van der Waals surface area (Å²) >= 11 is 0. The van der Waals surface area contributed by atoms with Gasteiger partial charge in [0.05, 0.1) is 37.3 Å². The maximum atomic E-state index is 12.8. The number of rotatable bonds is 3. The van der Waals surface area contributed by atoms with Crippen molar-refractivity contribution in [1.29, 1.82) is 0 Å². The van der Waals surface area contributed by atoms with Gasteiger partial charge in [-0.3, -0.25) is 9.59 Å². The second kappa shape index (κ2) is 4.41. The number of benzene rings is 1. The van der Waals surface area contributed by atoms with Crippen molar-refractivity contribution in [2.24, 2.45) is 11.8 Å². The van der Waals surface area contributed by atoms with Gasteiger partial charge in [-0.25, -0.2) is 4.90 Å². The normalized spacial score (nSPS) is 35.4. The number of nitrogens with zero attached hydrogens (tertiary/aromatic N) is 1. The van der Waals surface area contributed by atoms with E-state index in [1.165, 1.54) is 4.90 Å². The Morgan fingerprint density at radius 2 is 2.00 bits per heavy atom. The van der Waals surface area contributed by atoms with Gasteiger partial charge in [-0.2, -0.15) is 0 Å². The molecule has 4 rings (SSSR count). The van der Waals surface area contributed by atoms with Crippen molar-refractivity contribution in [2.45, 2.75) is 11.7 Å². The quantitative estimate of drug-likeness (QED) is 0.650. The van der Waals surface area contributed by atoms with Crippen molar-refractivity contribution in [3.8, 4) is 5.75 Å². The molecule has 6 heteroatoms. The van der Waals surface area contributed by atoms with E-state index in [1.807, 2.05) is 0 Å². The molecular weight excluding hydrogens is 286 g/mol. The van der Waals surface area contributed by atoms with E-state index in [2.05, 4.69) is 0 Å². The Morgan fingerprint density at radius 3 is 2.64 bits per heavy atom. The molecule has 0 spiro atoms. The second-order valence-electron chi connectivity index (χ2n) is 5.77. The fourth-order valence-corrected chi connectivity index (χ4v) is 3.67. The zero-order valence-corrected chi connectivity index (χ0v) is 11.9. The molecule has 0 aromatic heterocycles. The van der Waals surface area contributed by atoms with Gasteiger partial charge in [-0.15, -0.1) is 0 Å². The molecule has 6 nitrogen and oxygen atoms in total.